The minimum atomic E-state index is 0.645. The molecule has 2 aromatic rings. The molecule has 1 radical (unpaired) electrons. The number of ether oxygens (including phenoxy) is 1. The van der Waals surface area contributed by atoms with E-state index in [9.17, 15) is 0 Å². The molecule has 0 heterocycles. The van der Waals surface area contributed by atoms with Gasteiger partial charge in [-0.15, -0.1) is 0 Å². The van der Waals surface area contributed by atoms with Gasteiger partial charge in [0, 0.05) is 0 Å². The van der Waals surface area contributed by atoms with Crippen molar-refractivity contribution >= 4 is 0 Å². The molecule has 1 heteroatoms. The first-order chi connectivity index (χ1) is 7.45. The predicted octanol–water partition coefficient (Wildman–Crippen LogP) is 3.20. The van der Waals surface area contributed by atoms with Crippen LogP contribution in [0.2, 0.25) is 0 Å². The summed E-state index contributed by atoms with van der Waals surface area (Å²) in [5, 5.41) is 0. The summed E-state index contributed by atoms with van der Waals surface area (Å²) in [6.07, 6.45) is 0. The predicted molar refractivity (Wildman–Crippen MR) is 60.2 cm³/mol. The molecular weight excluding hydrogens is 184 g/mol. The second kappa shape index (κ2) is 5.32. The third kappa shape index (κ3) is 3.22. The summed E-state index contributed by atoms with van der Waals surface area (Å²) in [6, 6.07) is 21.1. The zero-order valence-corrected chi connectivity index (χ0v) is 8.52. The van der Waals surface area contributed by atoms with E-state index in [1.807, 2.05) is 42.5 Å². The third-order valence-corrected chi connectivity index (χ3v) is 2.15. The van der Waals surface area contributed by atoms with Crippen LogP contribution in [-0.4, -0.2) is 0 Å². The fourth-order valence-electron chi connectivity index (χ4n) is 1.38. The lowest BCUT2D eigenvalue weighted by molar-refractivity contribution is 0.107. The summed E-state index contributed by atoms with van der Waals surface area (Å²) in [5.41, 5.74) is 2.37. The Balaban J connectivity index is 1.81. The molecule has 0 aromatic heterocycles. The highest BCUT2D eigenvalue weighted by Crippen LogP contribution is 2.04. The molecule has 0 atom stereocenters. The molecular formula is C14H13O. The van der Waals surface area contributed by atoms with Gasteiger partial charge in [0.25, 0.3) is 0 Å². The average Bonchev–Trinajstić information content (AvgIpc) is 2.32. The van der Waals surface area contributed by atoms with Gasteiger partial charge in [0.2, 0.25) is 0 Å². The molecule has 0 fully saturated rings. The van der Waals surface area contributed by atoms with Crippen molar-refractivity contribution in [2.45, 2.75) is 13.2 Å². The van der Waals surface area contributed by atoms with E-state index >= 15 is 0 Å². The van der Waals surface area contributed by atoms with Crippen molar-refractivity contribution in [1.29, 1.82) is 0 Å². The van der Waals surface area contributed by atoms with Crippen LogP contribution in [0.25, 0.3) is 0 Å². The standard InChI is InChI=1S/C14H13O/c1-3-7-13(8-4-1)11-15-12-14-9-5-2-6-10-14/h1-5,7-10H,11-12H2. The molecule has 75 valence electrons. The lowest BCUT2D eigenvalue weighted by Gasteiger charge is -2.03. The van der Waals surface area contributed by atoms with E-state index < -0.39 is 0 Å². The van der Waals surface area contributed by atoms with Crippen LogP contribution in [0, 0.1) is 6.07 Å². The Morgan fingerprint density at radius 2 is 1.60 bits per heavy atom. The van der Waals surface area contributed by atoms with Gasteiger partial charge in [0.1, 0.15) is 0 Å². The zero-order chi connectivity index (χ0) is 10.3. The Labute approximate surface area is 90.3 Å². The highest BCUT2D eigenvalue weighted by Gasteiger charge is 1.93. The van der Waals surface area contributed by atoms with Crippen LogP contribution < -0.4 is 0 Å². The third-order valence-electron chi connectivity index (χ3n) is 2.15. The molecule has 0 N–H and O–H groups in total. The van der Waals surface area contributed by atoms with E-state index in [1.54, 1.807) is 0 Å². The molecule has 0 spiro atoms. The zero-order valence-electron chi connectivity index (χ0n) is 8.52. The highest BCUT2D eigenvalue weighted by atomic mass is 16.5. The van der Waals surface area contributed by atoms with E-state index in [-0.39, 0.29) is 0 Å². The minimum absolute atomic E-state index is 0.645. The van der Waals surface area contributed by atoms with Gasteiger partial charge >= 0.3 is 0 Å². The first-order valence-electron chi connectivity index (χ1n) is 5.02. The molecule has 0 unspecified atom stereocenters. The number of rotatable bonds is 4. The molecule has 0 saturated carbocycles. The summed E-state index contributed by atoms with van der Waals surface area (Å²) in [5.74, 6) is 0. The SMILES string of the molecule is [c]1cccc(COCc2ccccc2)c1. The second-order valence-corrected chi connectivity index (χ2v) is 3.39. The van der Waals surface area contributed by atoms with Crippen LogP contribution in [0.5, 0.6) is 0 Å². The molecule has 0 aliphatic heterocycles. The Bertz CT molecular complexity index is 341. The molecule has 15 heavy (non-hydrogen) atoms. The van der Waals surface area contributed by atoms with Crippen LogP contribution in [0.3, 0.4) is 0 Å². The highest BCUT2D eigenvalue weighted by molar-refractivity contribution is 5.14. The van der Waals surface area contributed by atoms with Crippen molar-refractivity contribution in [3.05, 3.63) is 71.8 Å². The van der Waals surface area contributed by atoms with Crippen LogP contribution in [0.15, 0.2) is 54.6 Å². The summed E-state index contributed by atoms with van der Waals surface area (Å²) < 4.78 is 5.59. The van der Waals surface area contributed by atoms with Crippen molar-refractivity contribution in [2.75, 3.05) is 0 Å². The van der Waals surface area contributed by atoms with E-state index in [1.165, 1.54) is 5.56 Å². The van der Waals surface area contributed by atoms with Crippen LogP contribution in [0.1, 0.15) is 11.1 Å². The quantitative estimate of drug-likeness (QED) is 0.731. The van der Waals surface area contributed by atoms with E-state index in [0.29, 0.717) is 13.2 Å². The summed E-state index contributed by atoms with van der Waals surface area (Å²) in [6.45, 7) is 1.31. The Morgan fingerprint density at radius 1 is 0.867 bits per heavy atom. The van der Waals surface area contributed by atoms with Gasteiger partial charge < -0.3 is 4.74 Å². The number of benzene rings is 2. The van der Waals surface area contributed by atoms with Gasteiger partial charge in [-0.3, -0.25) is 0 Å². The lowest BCUT2D eigenvalue weighted by atomic mass is 10.2. The summed E-state index contributed by atoms with van der Waals surface area (Å²) in [4.78, 5) is 0. The topological polar surface area (TPSA) is 9.23 Å². The van der Waals surface area contributed by atoms with Gasteiger partial charge in [-0.2, -0.15) is 0 Å². The fourth-order valence-corrected chi connectivity index (χ4v) is 1.38. The molecule has 0 bridgehead atoms. The van der Waals surface area contributed by atoms with Crippen LogP contribution in [0.4, 0.5) is 0 Å². The summed E-state index contributed by atoms with van der Waals surface area (Å²) >= 11 is 0. The monoisotopic (exact) mass is 197 g/mol. The number of hydrogen-bond donors (Lipinski definition) is 0. The van der Waals surface area contributed by atoms with Crippen molar-refractivity contribution in [2.24, 2.45) is 0 Å². The lowest BCUT2D eigenvalue weighted by Crippen LogP contribution is -1.93. The Hall–Kier alpha value is -1.60. The molecule has 0 aliphatic carbocycles. The van der Waals surface area contributed by atoms with E-state index in [2.05, 4.69) is 18.2 Å². The molecule has 0 amide bonds. The molecule has 1 nitrogen and oxygen atoms in total. The summed E-state index contributed by atoms with van der Waals surface area (Å²) in [7, 11) is 0. The average molecular weight is 197 g/mol. The normalized spacial score (nSPS) is 10.1. The van der Waals surface area contributed by atoms with E-state index in [0.717, 1.165) is 5.56 Å². The van der Waals surface area contributed by atoms with Crippen molar-refractivity contribution in [3.63, 3.8) is 0 Å². The van der Waals surface area contributed by atoms with Crippen molar-refractivity contribution in [3.8, 4) is 0 Å². The maximum absolute atomic E-state index is 5.59. The van der Waals surface area contributed by atoms with Gasteiger partial charge in [0.05, 0.1) is 13.2 Å². The first kappa shape index (κ1) is 9.94. The van der Waals surface area contributed by atoms with Gasteiger partial charge in [-0.05, 0) is 23.3 Å². The number of hydrogen-bond acceptors (Lipinski definition) is 1. The van der Waals surface area contributed by atoms with Crippen molar-refractivity contribution in [1.82, 2.24) is 0 Å². The molecule has 0 saturated heterocycles. The smallest absolute Gasteiger partial charge is 0.0721 e. The Morgan fingerprint density at radius 3 is 2.33 bits per heavy atom. The molecule has 0 aliphatic rings. The molecule has 2 rings (SSSR count). The first-order valence-corrected chi connectivity index (χ1v) is 5.02. The molecule has 2 aromatic carbocycles. The van der Waals surface area contributed by atoms with Gasteiger partial charge in [-0.1, -0.05) is 48.5 Å². The maximum atomic E-state index is 5.59. The van der Waals surface area contributed by atoms with Crippen LogP contribution in [-0.2, 0) is 18.0 Å². The maximum Gasteiger partial charge on any atom is 0.0721 e. The largest absolute Gasteiger partial charge is 0.372 e. The van der Waals surface area contributed by atoms with Gasteiger partial charge in [-0.25, -0.2) is 0 Å². The Kier molecular flexibility index (Phi) is 3.53. The van der Waals surface area contributed by atoms with E-state index in [4.69, 9.17) is 4.74 Å². The fraction of sp³-hybridized carbons (Fsp3) is 0.143. The minimum Gasteiger partial charge on any atom is -0.372 e. The van der Waals surface area contributed by atoms with Crippen LogP contribution >= 0.6 is 0 Å². The second-order valence-electron chi connectivity index (χ2n) is 3.39. The van der Waals surface area contributed by atoms with Gasteiger partial charge in [0.15, 0.2) is 0 Å². The van der Waals surface area contributed by atoms with Crippen molar-refractivity contribution < 1.29 is 4.74 Å².